The van der Waals surface area contributed by atoms with E-state index in [9.17, 15) is 17.6 Å². The van der Waals surface area contributed by atoms with Gasteiger partial charge in [-0.15, -0.1) is 0 Å². The van der Waals surface area contributed by atoms with Crippen molar-refractivity contribution >= 4 is 15.9 Å². The Morgan fingerprint density at radius 2 is 2.28 bits per heavy atom. The van der Waals surface area contributed by atoms with Crippen LogP contribution in [0.5, 0.6) is 0 Å². The highest BCUT2D eigenvalue weighted by atomic mass is 32.2. The van der Waals surface area contributed by atoms with Gasteiger partial charge in [0.05, 0.1) is 0 Å². The molecule has 0 aromatic carbocycles. The summed E-state index contributed by atoms with van der Waals surface area (Å²) in [7, 11) is -4.12. The minimum absolute atomic E-state index is 0.388. The van der Waals surface area contributed by atoms with Crippen LogP contribution in [0.3, 0.4) is 0 Å². The third-order valence-corrected chi connectivity index (χ3v) is 3.97. The molecule has 1 amide bonds. The zero-order chi connectivity index (χ0) is 13.2. The smallest absolute Gasteiger partial charge is 0.261 e. The van der Waals surface area contributed by atoms with Crippen molar-refractivity contribution in [3.8, 4) is 0 Å². The van der Waals surface area contributed by atoms with Gasteiger partial charge in [0.1, 0.15) is 6.04 Å². The zero-order valence-corrected chi connectivity index (χ0v) is 10.2. The van der Waals surface area contributed by atoms with E-state index in [2.05, 4.69) is 15.0 Å². The van der Waals surface area contributed by atoms with Crippen molar-refractivity contribution in [1.82, 2.24) is 15.0 Å². The lowest BCUT2D eigenvalue weighted by molar-refractivity contribution is -0.124. The summed E-state index contributed by atoms with van der Waals surface area (Å²) in [6.07, 6.45) is 2.24. The van der Waals surface area contributed by atoms with E-state index in [0.29, 0.717) is 19.4 Å². The zero-order valence-electron chi connectivity index (χ0n) is 9.39. The molecule has 0 saturated carbocycles. The van der Waals surface area contributed by atoms with Crippen LogP contribution in [-0.4, -0.2) is 31.9 Å². The largest absolute Gasteiger partial charge is 0.355 e. The number of halogens is 1. The molecule has 98 valence electrons. The van der Waals surface area contributed by atoms with Gasteiger partial charge in [0.2, 0.25) is 10.9 Å². The third-order valence-electron chi connectivity index (χ3n) is 2.56. The standard InChI is InChI=1S/C10H12FN3O3S/c11-7-3-1-6-13-10(7)18(16,17)14-8-4-2-5-12-9(8)15/h1,3,6,8,14H,2,4-5H2,(H,12,15). The molecule has 1 aromatic heterocycles. The van der Waals surface area contributed by atoms with E-state index in [4.69, 9.17) is 0 Å². The molecule has 0 spiro atoms. The van der Waals surface area contributed by atoms with Crippen LogP contribution in [0, 0.1) is 5.82 Å². The number of carbonyl (C=O) groups excluding carboxylic acids is 1. The number of pyridine rings is 1. The number of carbonyl (C=O) groups is 1. The van der Waals surface area contributed by atoms with Gasteiger partial charge in [0.15, 0.2) is 5.82 Å². The predicted molar refractivity (Wildman–Crippen MR) is 60.5 cm³/mol. The van der Waals surface area contributed by atoms with Crippen LogP contribution >= 0.6 is 0 Å². The van der Waals surface area contributed by atoms with Crippen LogP contribution < -0.4 is 10.0 Å². The fourth-order valence-corrected chi connectivity index (χ4v) is 2.93. The molecule has 2 heterocycles. The Hall–Kier alpha value is -1.54. The van der Waals surface area contributed by atoms with Crippen molar-refractivity contribution in [2.45, 2.75) is 23.9 Å². The van der Waals surface area contributed by atoms with Gasteiger partial charge in [-0.25, -0.2) is 17.8 Å². The minimum atomic E-state index is -4.12. The summed E-state index contributed by atoms with van der Waals surface area (Å²) in [6.45, 7) is 0.523. The summed E-state index contributed by atoms with van der Waals surface area (Å²) >= 11 is 0. The second-order valence-electron chi connectivity index (χ2n) is 3.90. The quantitative estimate of drug-likeness (QED) is 0.796. The van der Waals surface area contributed by atoms with Crippen LogP contribution in [0.4, 0.5) is 4.39 Å². The van der Waals surface area contributed by atoms with Gasteiger partial charge in [-0.2, -0.15) is 4.72 Å². The lowest BCUT2D eigenvalue weighted by atomic mass is 10.1. The fraction of sp³-hybridized carbons (Fsp3) is 0.400. The van der Waals surface area contributed by atoms with Gasteiger partial charge in [-0.3, -0.25) is 4.79 Å². The van der Waals surface area contributed by atoms with Crippen molar-refractivity contribution < 1.29 is 17.6 Å². The molecule has 1 fully saturated rings. The SMILES string of the molecule is O=C1NCCCC1NS(=O)(=O)c1ncccc1F. The molecule has 1 unspecified atom stereocenters. The highest BCUT2D eigenvalue weighted by Gasteiger charge is 2.29. The molecular formula is C10H12FN3O3S. The monoisotopic (exact) mass is 273 g/mol. The highest BCUT2D eigenvalue weighted by molar-refractivity contribution is 7.89. The normalized spacial score (nSPS) is 20.5. The number of amides is 1. The average Bonchev–Trinajstić information content (AvgIpc) is 2.32. The summed E-state index contributed by atoms with van der Waals surface area (Å²) in [4.78, 5) is 14.9. The summed E-state index contributed by atoms with van der Waals surface area (Å²) < 4.78 is 39.3. The van der Waals surface area contributed by atoms with Gasteiger partial charge >= 0.3 is 0 Å². The van der Waals surface area contributed by atoms with E-state index in [1.807, 2.05) is 0 Å². The first-order valence-electron chi connectivity index (χ1n) is 5.41. The first-order valence-corrected chi connectivity index (χ1v) is 6.89. The van der Waals surface area contributed by atoms with Gasteiger partial charge in [0, 0.05) is 12.7 Å². The molecule has 1 aliphatic heterocycles. The summed E-state index contributed by atoms with van der Waals surface area (Å²) in [5, 5.41) is 1.85. The Kier molecular flexibility index (Phi) is 3.58. The average molecular weight is 273 g/mol. The Bertz CT molecular complexity index is 561. The molecule has 0 bridgehead atoms. The highest BCUT2D eigenvalue weighted by Crippen LogP contribution is 2.12. The second-order valence-corrected chi connectivity index (χ2v) is 5.53. The lowest BCUT2D eigenvalue weighted by Gasteiger charge is -2.22. The maximum Gasteiger partial charge on any atom is 0.261 e. The molecule has 1 atom stereocenters. The van der Waals surface area contributed by atoms with Gasteiger partial charge in [-0.1, -0.05) is 0 Å². The van der Waals surface area contributed by atoms with Crippen LogP contribution in [0.15, 0.2) is 23.4 Å². The van der Waals surface area contributed by atoms with Crippen LogP contribution in [0.2, 0.25) is 0 Å². The molecule has 8 heteroatoms. The topological polar surface area (TPSA) is 88.2 Å². The van der Waals surface area contributed by atoms with E-state index in [1.54, 1.807) is 0 Å². The van der Waals surface area contributed by atoms with Crippen LogP contribution in [0.25, 0.3) is 0 Å². The van der Waals surface area contributed by atoms with E-state index in [0.717, 1.165) is 6.07 Å². The molecule has 1 aliphatic rings. The molecule has 2 N–H and O–H groups in total. The number of nitrogens with zero attached hydrogens (tertiary/aromatic N) is 1. The maximum absolute atomic E-state index is 13.4. The number of piperidine rings is 1. The molecule has 0 aliphatic carbocycles. The van der Waals surface area contributed by atoms with Gasteiger partial charge in [0.25, 0.3) is 10.0 Å². The number of sulfonamides is 1. The van der Waals surface area contributed by atoms with Crippen LogP contribution in [0.1, 0.15) is 12.8 Å². The Morgan fingerprint density at radius 1 is 1.50 bits per heavy atom. The first kappa shape index (κ1) is 12.9. The molecule has 6 nitrogen and oxygen atoms in total. The van der Waals surface area contributed by atoms with Gasteiger partial charge < -0.3 is 5.32 Å². The predicted octanol–water partition coefficient (Wildman–Crippen LogP) is -0.222. The van der Waals surface area contributed by atoms with Crippen molar-refractivity contribution in [2.75, 3.05) is 6.54 Å². The molecule has 0 radical (unpaired) electrons. The van der Waals surface area contributed by atoms with E-state index in [1.165, 1.54) is 12.3 Å². The molecule has 1 aromatic rings. The maximum atomic E-state index is 13.4. The van der Waals surface area contributed by atoms with Crippen molar-refractivity contribution in [2.24, 2.45) is 0 Å². The molecule has 2 rings (SSSR count). The first-order chi connectivity index (χ1) is 8.50. The minimum Gasteiger partial charge on any atom is -0.355 e. The summed E-state index contributed by atoms with van der Waals surface area (Å²) in [6, 6.07) is 1.43. The number of hydrogen-bond acceptors (Lipinski definition) is 4. The van der Waals surface area contributed by atoms with E-state index >= 15 is 0 Å². The molecule has 1 saturated heterocycles. The fourth-order valence-electron chi connectivity index (χ4n) is 1.70. The Balaban J connectivity index is 2.22. The number of aromatic nitrogens is 1. The Labute approximate surface area is 104 Å². The van der Waals surface area contributed by atoms with E-state index in [-0.39, 0.29) is 0 Å². The third kappa shape index (κ3) is 2.65. The summed E-state index contributed by atoms with van der Waals surface area (Å²) in [5.74, 6) is -1.35. The Morgan fingerprint density at radius 3 is 2.94 bits per heavy atom. The van der Waals surface area contributed by atoms with Crippen LogP contribution in [-0.2, 0) is 14.8 Å². The van der Waals surface area contributed by atoms with E-state index < -0.39 is 32.8 Å². The lowest BCUT2D eigenvalue weighted by Crippen LogP contribution is -2.50. The van der Waals surface area contributed by atoms with Gasteiger partial charge in [-0.05, 0) is 25.0 Å². The second kappa shape index (κ2) is 4.99. The van der Waals surface area contributed by atoms with Crippen molar-refractivity contribution in [1.29, 1.82) is 0 Å². The number of rotatable bonds is 3. The molecular weight excluding hydrogens is 261 g/mol. The number of nitrogens with one attached hydrogen (secondary N) is 2. The molecule has 18 heavy (non-hydrogen) atoms. The van der Waals surface area contributed by atoms with Crippen molar-refractivity contribution in [3.05, 3.63) is 24.1 Å². The van der Waals surface area contributed by atoms with Crippen molar-refractivity contribution in [3.63, 3.8) is 0 Å². The summed E-state index contributed by atoms with van der Waals surface area (Å²) in [5.41, 5.74) is 0. The number of hydrogen-bond donors (Lipinski definition) is 2.